The van der Waals surface area contributed by atoms with Crippen molar-refractivity contribution < 1.29 is 4.74 Å². The molecule has 19 heavy (non-hydrogen) atoms. The highest BCUT2D eigenvalue weighted by atomic mass is 16.5. The Morgan fingerprint density at radius 2 is 2.16 bits per heavy atom. The molecule has 0 atom stereocenters. The third-order valence-corrected chi connectivity index (χ3v) is 3.00. The third-order valence-electron chi connectivity index (χ3n) is 3.00. The maximum absolute atomic E-state index is 5.63. The fraction of sp³-hybridized carbons (Fsp3) is 0.357. The zero-order chi connectivity index (χ0) is 13.7. The highest BCUT2D eigenvalue weighted by Gasteiger charge is 2.06. The first-order valence-electron chi connectivity index (χ1n) is 6.27. The molecule has 0 saturated heterocycles. The van der Waals surface area contributed by atoms with Crippen LogP contribution in [0, 0.1) is 0 Å². The lowest BCUT2D eigenvalue weighted by molar-refractivity contribution is 0.298. The summed E-state index contributed by atoms with van der Waals surface area (Å²) in [5.41, 5.74) is 7.52. The molecule has 102 valence electrons. The van der Waals surface area contributed by atoms with E-state index in [1.54, 1.807) is 13.3 Å². The molecule has 0 aliphatic rings. The summed E-state index contributed by atoms with van der Waals surface area (Å²) in [5, 5.41) is 4.17. The van der Waals surface area contributed by atoms with Gasteiger partial charge in [-0.05, 0) is 13.1 Å². The minimum atomic E-state index is 0.701. The van der Waals surface area contributed by atoms with Crippen LogP contribution in [0.4, 0.5) is 5.69 Å². The summed E-state index contributed by atoms with van der Waals surface area (Å²) in [6.45, 7) is 2.57. The van der Waals surface area contributed by atoms with Gasteiger partial charge in [0.1, 0.15) is 5.75 Å². The fourth-order valence-electron chi connectivity index (χ4n) is 1.98. The van der Waals surface area contributed by atoms with Crippen LogP contribution < -0.4 is 10.5 Å². The molecule has 5 nitrogen and oxygen atoms in total. The van der Waals surface area contributed by atoms with Crippen molar-refractivity contribution in [1.29, 1.82) is 0 Å². The van der Waals surface area contributed by atoms with E-state index in [9.17, 15) is 0 Å². The molecule has 0 radical (unpaired) electrons. The number of nitrogen functional groups attached to an aromatic ring is 1. The molecular formula is C14H20N4O. The molecule has 1 aromatic carbocycles. The number of benzene rings is 1. The highest BCUT2D eigenvalue weighted by molar-refractivity contribution is 5.33. The van der Waals surface area contributed by atoms with E-state index in [1.165, 1.54) is 5.56 Å². The zero-order valence-corrected chi connectivity index (χ0v) is 11.4. The molecule has 0 amide bonds. The van der Waals surface area contributed by atoms with Crippen molar-refractivity contribution in [3.8, 4) is 5.75 Å². The first-order chi connectivity index (χ1) is 9.19. The smallest absolute Gasteiger partial charge is 0.123 e. The number of hydrogen-bond acceptors (Lipinski definition) is 4. The average molecular weight is 260 g/mol. The molecule has 2 rings (SSSR count). The molecule has 0 unspecified atom stereocenters. The van der Waals surface area contributed by atoms with E-state index in [1.807, 2.05) is 29.1 Å². The summed E-state index contributed by atoms with van der Waals surface area (Å²) in [7, 11) is 3.78. The van der Waals surface area contributed by atoms with Crippen LogP contribution in [0.1, 0.15) is 5.56 Å². The first kappa shape index (κ1) is 13.4. The topological polar surface area (TPSA) is 56.3 Å². The van der Waals surface area contributed by atoms with Gasteiger partial charge in [-0.1, -0.05) is 18.2 Å². The van der Waals surface area contributed by atoms with Gasteiger partial charge in [0, 0.05) is 24.8 Å². The van der Waals surface area contributed by atoms with E-state index in [0.717, 1.165) is 25.4 Å². The van der Waals surface area contributed by atoms with Gasteiger partial charge in [-0.2, -0.15) is 5.10 Å². The van der Waals surface area contributed by atoms with Crippen LogP contribution in [0.25, 0.3) is 0 Å². The minimum absolute atomic E-state index is 0.701. The summed E-state index contributed by atoms with van der Waals surface area (Å²) in [4.78, 5) is 2.23. The Balaban J connectivity index is 1.88. The molecule has 1 heterocycles. The Morgan fingerprint density at radius 1 is 1.37 bits per heavy atom. The lowest BCUT2D eigenvalue weighted by atomic mass is 10.2. The Labute approximate surface area is 113 Å². The number of rotatable bonds is 6. The van der Waals surface area contributed by atoms with Gasteiger partial charge in [0.25, 0.3) is 0 Å². The van der Waals surface area contributed by atoms with Gasteiger partial charge < -0.3 is 15.4 Å². The molecule has 0 bridgehead atoms. The zero-order valence-electron chi connectivity index (χ0n) is 11.4. The molecule has 0 fully saturated rings. The summed E-state index contributed by atoms with van der Waals surface area (Å²) in [5.74, 6) is 0.928. The normalized spacial score (nSPS) is 10.9. The van der Waals surface area contributed by atoms with Crippen molar-refractivity contribution in [2.45, 2.75) is 13.1 Å². The molecule has 1 aromatic heterocycles. The quantitative estimate of drug-likeness (QED) is 0.857. The molecule has 2 aromatic rings. The van der Waals surface area contributed by atoms with Crippen LogP contribution in [0.2, 0.25) is 0 Å². The monoisotopic (exact) mass is 260 g/mol. The largest absolute Gasteiger partial charge is 0.496 e. The molecule has 0 aliphatic carbocycles. The van der Waals surface area contributed by atoms with Crippen LogP contribution in [0.5, 0.6) is 5.75 Å². The molecule has 0 aliphatic heterocycles. The van der Waals surface area contributed by atoms with Crippen molar-refractivity contribution in [1.82, 2.24) is 14.7 Å². The Hall–Kier alpha value is -2.01. The summed E-state index contributed by atoms with van der Waals surface area (Å²) in [6, 6.07) is 8.08. The number of likely N-dealkylation sites (N-methyl/N-ethyl adjacent to an activating group) is 1. The minimum Gasteiger partial charge on any atom is -0.496 e. The maximum atomic E-state index is 5.63. The number of methoxy groups -OCH3 is 1. The van der Waals surface area contributed by atoms with Gasteiger partial charge >= 0.3 is 0 Å². The number of anilines is 1. The SMILES string of the molecule is COc1ccccc1CN(C)CCn1cc(N)cn1. The van der Waals surface area contributed by atoms with Gasteiger partial charge in [-0.25, -0.2) is 0 Å². The van der Waals surface area contributed by atoms with E-state index in [4.69, 9.17) is 10.5 Å². The van der Waals surface area contributed by atoms with Crippen molar-refractivity contribution in [2.24, 2.45) is 0 Å². The second kappa shape index (κ2) is 6.24. The Morgan fingerprint density at radius 3 is 2.84 bits per heavy atom. The summed E-state index contributed by atoms with van der Waals surface area (Å²) in [6.07, 6.45) is 3.51. The van der Waals surface area contributed by atoms with Crippen molar-refractivity contribution in [3.63, 3.8) is 0 Å². The Bertz CT molecular complexity index is 524. The standard InChI is InChI=1S/C14H20N4O/c1-17(7-8-18-11-13(15)9-16-18)10-12-5-3-4-6-14(12)19-2/h3-6,9,11H,7-8,10,15H2,1-2H3. The summed E-state index contributed by atoms with van der Waals surface area (Å²) < 4.78 is 7.21. The van der Waals surface area contributed by atoms with E-state index in [0.29, 0.717) is 5.69 Å². The predicted molar refractivity (Wildman–Crippen MR) is 76.0 cm³/mol. The molecule has 0 saturated carbocycles. The maximum Gasteiger partial charge on any atom is 0.123 e. The first-order valence-corrected chi connectivity index (χ1v) is 6.27. The van der Waals surface area contributed by atoms with Gasteiger partial charge in [0.05, 0.1) is 25.5 Å². The van der Waals surface area contributed by atoms with Crippen molar-refractivity contribution in [2.75, 3.05) is 26.4 Å². The lowest BCUT2D eigenvalue weighted by Crippen LogP contribution is -2.23. The van der Waals surface area contributed by atoms with Crippen LogP contribution in [-0.4, -0.2) is 35.4 Å². The Kier molecular flexibility index (Phi) is 4.41. The molecular weight excluding hydrogens is 240 g/mol. The second-order valence-electron chi connectivity index (χ2n) is 4.59. The van der Waals surface area contributed by atoms with Crippen LogP contribution in [0.15, 0.2) is 36.7 Å². The highest BCUT2D eigenvalue weighted by Crippen LogP contribution is 2.18. The number of para-hydroxylation sites is 1. The number of nitrogens with two attached hydrogens (primary N) is 1. The third kappa shape index (κ3) is 3.72. The van der Waals surface area contributed by atoms with Gasteiger partial charge in [-0.3, -0.25) is 4.68 Å². The van der Waals surface area contributed by atoms with Gasteiger partial charge in [0.2, 0.25) is 0 Å². The molecule has 5 heteroatoms. The second-order valence-corrected chi connectivity index (χ2v) is 4.59. The van der Waals surface area contributed by atoms with Gasteiger partial charge in [0.15, 0.2) is 0 Å². The van der Waals surface area contributed by atoms with Crippen LogP contribution in [-0.2, 0) is 13.1 Å². The number of ether oxygens (including phenoxy) is 1. The number of nitrogens with zero attached hydrogens (tertiary/aromatic N) is 3. The van der Waals surface area contributed by atoms with E-state index >= 15 is 0 Å². The molecule has 0 spiro atoms. The van der Waals surface area contributed by atoms with Crippen LogP contribution >= 0.6 is 0 Å². The van der Waals surface area contributed by atoms with E-state index in [2.05, 4.69) is 23.1 Å². The van der Waals surface area contributed by atoms with E-state index in [-0.39, 0.29) is 0 Å². The predicted octanol–water partition coefficient (Wildman–Crippen LogP) is 1.61. The number of hydrogen-bond donors (Lipinski definition) is 1. The summed E-state index contributed by atoms with van der Waals surface area (Å²) >= 11 is 0. The van der Waals surface area contributed by atoms with Crippen LogP contribution in [0.3, 0.4) is 0 Å². The average Bonchev–Trinajstić information content (AvgIpc) is 2.83. The van der Waals surface area contributed by atoms with Gasteiger partial charge in [-0.15, -0.1) is 0 Å². The van der Waals surface area contributed by atoms with E-state index < -0.39 is 0 Å². The fourth-order valence-corrected chi connectivity index (χ4v) is 1.98. The number of aromatic nitrogens is 2. The lowest BCUT2D eigenvalue weighted by Gasteiger charge is -2.18. The molecule has 2 N–H and O–H groups in total. The van der Waals surface area contributed by atoms with Crippen molar-refractivity contribution in [3.05, 3.63) is 42.2 Å². The van der Waals surface area contributed by atoms with Crippen molar-refractivity contribution >= 4 is 5.69 Å².